The van der Waals surface area contributed by atoms with Crippen LogP contribution >= 0.6 is 0 Å². The smallest absolute Gasteiger partial charge is 0.204 e. The van der Waals surface area contributed by atoms with Crippen LogP contribution in [0.15, 0.2) is 12.1 Å². The molecule has 3 aliphatic carbocycles. The second-order valence-electron chi connectivity index (χ2n) is 9.93. The zero-order valence-electron chi connectivity index (χ0n) is 18.5. The van der Waals surface area contributed by atoms with E-state index in [0.29, 0.717) is 19.1 Å². The molecule has 168 valence electrons. The van der Waals surface area contributed by atoms with E-state index in [0.717, 1.165) is 36.5 Å². The molecule has 0 bridgehead atoms. The summed E-state index contributed by atoms with van der Waals surface area (Å²) in [6.45, 7) is 2.53. The first-order valence-electron chi connectivity index (χ1n) is 12.4. The molecule has 3 saturated carbocycles. The van der Waals surface area contributed by atoms with Gasteiger partial charge in [0.1, 0.15) is 0 Å². The number of hydrogen-bond donors (Lipinski definition) is 0. The van der Waals surface area contributed by atoms with Gasteiger partial charge in [-0.15, -0.1) is 0 Å². The van der Waals surface area contributed by atoms with E-state index in [2.05, 4.69) is 0 Å². The van der Waals surface area contributed by atoms with E-state index in [9.17, 15) is 8.78 Å². The van der Waals surface area contributed by atoms with Crippen molar-refractivity contribution < 1.29 is 18.3 Å². The van der Waals surface area contributed by atoms with Gasteiger partial charge in [0.2, 0.25) is 11.6 Å². The van der Waals surface area contributed by atoms with E-state index in [1.54, 1.807) is 6.92 Å². The average molecular weight is 421 g/mol. The van der Waals surface area contributed by atoms with Crippen molar-refractivity contribution in [3.8, 4) is 11.5 Å². The highest BCUT2D eigenvalue weighted by Gasteiger charge is 2.34. The largest absolute Gasteiger partial charge is 0.491 e. The minimum atomic E-state index is -0.953. The molecule has 0 aliphatic heterocycles. The van der Waals surface area contributed by atoms with Gasteiger partial charge in [-0.3, -0.25) is 0 Å². The number of benzene rings is 1. The lowest BCUT2D eigenvalue weighted by Gasteiger charge is -2.39. The molecule has 0 amide bonds. The lowest BCUT2D eigenvalue weighted by atomic mass is 9.67. The van der Waals surface area contributed by atoms with Crippen LogP contribution in [-0.2, 0) is 0 Å². The Bertz CT molecular complexity index is 670. The molecular weight excluding hydrogens is 382 g/mol. The van der Waals surface area contributed by atoms with Gasteiger partial charge in [-0.25, -0.2) is 0 Å². The van der Waals surface area contributed by atoms with Crippen LogP contribution in [0.2, 0.25) is 0 Å². The van der Waals surface area contributed by atoms with Crippen LogP contribution in [0.25, 0.3) is 0 Å². The molecule has 4 rings (SSSR count). The van der Waals surface area contributed by atoms with Crippen molar-refractivity contribution in [1.82, 2.24) is 0 Å². The van der Waals surface area contributed by atoms with E-state index >= 15 is 0 Å². The van der Waals surface area contributed by atoms with E-state index in [4.69, 9.17) is 9.47 Å². The van der Waals surface area contributed by atoms with E-state index in [1.807, 2.05) is 0 Å². The molecule has 3 fully saturated rings. The fourth-order valence-corrected chi connectivity index (χ4v) is 6.44. The summed E-state index contributed by atoms with van der Waals surface area (Å²) in [5, 5.41) is 0. The molecular formula is C26H38F2O2. The molecule has 0 atom stereocenters. The third kappa shape index (κ3) is 5.11. The van der Waals surface area contributed by atoms with Gasteiger partial charge in [-0.1, -0.05) is 25.7 Å². The van der Waals surface area contributed by atoms with Crippen LogP contribution in [0, 0.1) is 41.2 Å². The van der Waals surface area contributed by atoms with Gasteiger partial charge in [-0.05, 0) is 100 Å². The van der Waals surface area contributed by atoms with Crippen molar-refractivity contribution in [2.45, 2.75) is 84.0 Å². The van der Waals surface area contributed by atoms with Gasteiger partial charge in [-0.2, -0.15) is 8.78 Å². The van der Waals surface area contributed by atoms with Gasteiger partial charge in [0, 0.05) is 0 Å². The van der Waals surface area contributed by atoms with Gasteiger partial charge in [0.05, 0.1) is 13.2 Å². The van der Waals surface area contributed by atoms with E-state index in [-0.39, 0.29) is 11.5 Å². The Morgan fingerprint density at radius 3 is 1.60 bits per heavy atom. The quantitative estimate of drug-likeness (QED) is 0.453. The van der Waals surface area contributed by atoms with Crippen LogP contribution in [0.3, 0.4) is 0 Å². The first-order valence-corrected chi connectivity index (χ1v) is 12.4. The zero-order chi connectivity index (χ0) is 20.9. The molecule has 1 aromatic rings. The van der Waals surface area contributed by atoms with Crippen LogP contribution in [0.1, 0.15) is 84.0 Å². The summed E-state index contributed by atoms with van der Waals surface area (Å²) in [6.07, 6.45) is 16.5. The Morgan fingerprint density at radius 2 is 1.10 bits per heavy atom. The van der Waals surface area contributed by atoms with Crippen molar-refractivity contribution in [3.05, 3.63) is 23.8 Å². The summed E-state index contributed by atoms with van der Waals surface area (Å²) in [7, 11) is 0. The molecule has 0 unspecified atom stereocenters. The van der Waals surface area contributed by atoms with Gasteiger partial charge >= 0.3 is 0 Å². The molecule has 0 aromatic heterocycles. The first-order chi connectivity index (χ1) is 14.7. The normalized spacial score (nSPS) is 30.4. The Labute approximate surface area is 180 Å². The van der Waals surface area contributed by atoms with Crippen LogP contribution in [-0.4, -0.2) is 13.2 Å². The van der Waals surface area contributed by atoms with Crippen LogP contribution in [0.5, 0.6) is 11.5 Å². The maximum atomic E-state index is 14.2. The van der Waals surface area contributed by atoms with Crippen molar-refractivity contribution in [3.63, 3.8) is 0 Å². The summed E-state index contributed by atoms with van der Waals surface area (Å²) in [5.74, 6) is 2.34. The summed E-state index contributed by atoms with van der Waals surface area (Å²) in [4.78, 5) is 0. The molecule has 0 N–H and O–H groups in total. The Kier molecular flexibility index (Phi) is 7.54. The zero-order valence-corrected chi connectivity index (χ0v) is 18.5. The standard InChI is InChI=1S/C26H38F2O2/c1-2-29-23-15-16-24(26(28)25(23)27)30-17-18-7-9-20(10-8-18)22-13-11-21(12-14-22)19-5-3-4-6-19/h15-16,18-22H,2-14,17H2,1H3. The number of halogens is 2. The monoisotopic (exact) mass is 420 g/mol. The van der Waals surface area contributed by atoms with Crippen molar-refractivity contribution in [1.29, 1.82) is 0 Å². The van der Waals surface area contributed by atoms with Crippen LogP contribution in [0.4, 0.5) is 8.78 Å². The predicted molar refractivity (Wildman–Crippen MR) is 116 cm³/mol. The molecule has 3 aliphatic rings. The maximum Gasteiger partial charge on any atom is 0.204 e. The average Bonchev–Trinajstić information content (AvgIpc) is 3.32. The maximum absolute atomic E-state index is 14.2. The van der Waals surface area contributed by atoms with Crippen LogP contribution < -0.4 is 9.47 Å². The summed E-state index contributed by atoms with van der Waals surface area (Å²) in [5.41, 5.74) is 0. The Morgan fingerprint density at radius 1 is 0.667 bits per heavy atom. The highest BCUT2D eigenvalue weighted by molar-refractivity contribution is 5.35. The number of rotatable bonds is 7. The molecule has 0 saturated heterocycles. The molecule has 0 spiro atoms. The molecule has 2 nitrogen and oxygen atoms in total. The SMILES string of the molecule is CCOc1ccc(OCC2CCC(C3CCC(C4CCCC4)CC3)CC2)c(F)c1F. The predicted octanol–water partition coefficient (Wildman–Crippen LogP) is 7.55. The minimum Gasteiger partial charge on any atom is -0.491 e. The second-order valence-corrected chi connectivity index (χ2v) is 9.93. The van der Waals surface area contributed by atoms with Gasteiger partial charge in [0.15, 0.2) is 11.5 Å². The molecule has 0 radical (unpaired) electrons. The lowest BCUT2D eigenvalue weighted by Crippen LogP contribution is -2.29. The summed E-state index contributed by atoms with van der Waals surface area (Å²) >= 11 is 0. The lowest BCUT2D eigenvalue weighted by molar-refractivity contribution is 0.110. The number of ether oxygens (including phenoxy) is 2. The van der Waals surface area contributed by atoms with Gasteiger partial charge in [0.25, 0.3) is 0 Å². The highest BCUT2D eigenvalue weighted by Crippen LogP contribution is 2.45. The molecule has 4 heteroatoms. The van der Waals surface area contributed by atoms with Crippen molar-refractivity contribution in [2.24, 2.45) is 29.6 Å². The highest BCUT2D eigenvalue weighted by atomic mass is 19.2. The Balaban J connectivity index is 1.19. The fraction of sp³-hybridized carbons (Fsp3) is 0.769. The summed E-state index contributed by atoms with van der Waals surface area (Å²) in [6, 6.07) is 2.94. The molecule has 0 heterocycles. The third-order valence-corrected chi connectivity index (χ3v) is 8.23. The van der Waals surface area contributed by atoms with Gasteiger partial charge < -0.3 is 9.47 Å². The topological polar surface area (TPSA) is 18.5 Å². The third-order valence-electron chi connectivity index (χ3n) is 8.23. The fourth-order valence-electron chi connectivity index (χ4n) is 6.44. The van der Waals surface area contributed by atoms with Crippen molar-refractivity contribution >= 4 is 0 Å². The minimum absolute atomic E-state index is 0.00307. The van der Waals surface area contributed by atoms with Crippen molar-refractivity contribution in [2.75, 3.05) is 13.2 Å². The van der Waals surface area contributed by atoms with E-state index in [1.165, 1.54) is 76.3 Å². The van der Waals surface area contributed by atoms with E-state index < -0.39 is 11.6 Å². The summed E-state index contributed by atoms with van der Waals surface area (Å²) < 4.78 is 39.0. The Hall–Kier alpha value is -1.32. The number of hydrogen-bond acceptors (Lipinski definition) is 2. The molecule has 30 heavy (non-hydrogen) atoms. The molecule has 1 aromatic carbocycles. The first kappa shape index (κ1) is 21.9. The second kappa shape index (κ2) is 10.3.